The molecule has 0 radical (unpaired) electrons. The van der Waals surface area contributed by atoms with Crippen LogP contribution in [0.5, 0.6) is 0 Å². The Kier molecular flexibility index (Phi) is 12.6. The highest BCUT2D eigenvalue weighted by atomic mass is 16.6. The Hall–Kier alpha value is -1.10. The van der Waals surface area contributed by atoms with Gasteiger partial charge in [0.1, 0.15) is 6.61 Å². The van der Waals surface area contributed by atoms with Gasteiger partial charge in [-0.3, -0.25) is 9.59 Å². The van der Waals surface area contributed by atoms with E-state index in [-0.39, 0.29) is 12.4 Å². The topological polar surface area (TPSA) is 72.8 Å². The summed E-state index contributed by atoms with van der Waals surface area (Å²) in [5.74, 6) is -0.889. The van der Waals surface area contributed by atoms with Gasteiger partial charge in [0, 0.05) is 19.4 Å². The van der Waals surface area contributed by atoms with Crippen molar-refractivity contribution in [1.82, 2.24) is 0 Å². The van der Waals surface area contributed by atoms with Crippen LogP contribution in [0.4, 0.5) is 0 Å². The van der Waals surface area contributed by atoms with Crippen LogP contribution in [-0.2, 0) is 19.1 Å². The number of aliphatic carboxylic acids is 1. The fourth-order valence-corrected chi connectivity index (χ4v) is 1.68. The molecule has 0 aromatic carbocycles. The van der Waals surface area contributed by atoms with E-state index < -0.39 is 5.97 Å². The van der Waals surface area contributed by atoms with Crippen LogP contribution in [0.2, 0.25) is 0 Å². The Morgan fingerprint density at radius 1 is 0.895 bits per heavy atom. The van der Waals surface area contributed by atoms with Crippen molar-refractivity contribution in [2.45, 2.75) is 58.3 Å². The van der Waals surface area contributed by atoms with Gasteiger partial charge in [0.25, 0.3) is 0 Å². The van der Waals surface area contributed by atoms with Crippen molar-refractivity contribution in [3.8, 4) is 0 Å². The summed E-state index contributed by atoms with van der Waals surface area (Å²) in [4.78, 5) is 21.5. The first kappa shape index (κ1) is 17.9. The number of carboxylic acid groups (broad SMARTS) is 1. The lowest BCUT2D eigenvalue weighted by molar-refractivity contribution is -0.145. The maximum Gasteiger partial charge on any atom is 0.305 e. The molecule has 5 heteroatoms. The molecule has 0 aliphatic heterocycles. The molecule has 0 heterocycles. The predicted molar refractivity (Wildman–Crippen MR) is 72.0 cm³/mol. The molecule has 0 rings (SSSR count). The Morgan fingerprint density at radius 3 is 2.05 bits per heavy atom. The molecule has 0 aliphatic rings. The molecule has 0 fully saturated rings. The van der Waals surface area contributed by atoms with E-state index in [0.29, 0.717) is 26.2 Å². The van der Waals surface area contributed by atoms with E-state index in [0.717, 1.165) is 38.5 Å². The van der Waals surface area contributed by atoms with Crippen LogP contribution in [0.15, 0.2) is 0 Å². The highest BCUT2D eigenvalue weighted by Gasteiger charge is 2.02. The molecule has 0 aromatic rings. The third kappa shape index (κ3) is 14.8. The van der Waals surface area contributed by atoms with Crippen molar-refractivity contribution in [3.05, 3.63) is 0 Å². The Labute approximate surface area is 115 Å². The zero-order valence-corrected chi connectivity index (χ0v) is 11.9. The lowest BCUT2D eigenvalue weighted by Gasteiger charge is -2.04. The van der Waals surface area contributed by atoms with Crippen LogP contribution in [0.25, 0.3) is 0 Å². The molecule has 0 saturated heterocycles. The number of carbonyl (C=O) groups excluding carboxylic acids is 1. The molecule has 0 aliphatic carbocycles. The Morgan fingerprint density at radius 2 is 1.47 bits per heavy atom. The second kappa shape index (κ2) is 13.3. The molecule has 0 aromatic heterocycles. The van der Waals surface area contributed by atoms with E-state index in [1.807, 2.05) is 6.92 Å². The predicted octanol–water partition coefficient (Wildman–Crippen LogP) is 2.77. The summed E-state index contributed by atoms with van der Waals surface area (Å²) in [6.45, 7) is 3.34. The van der Waals surface area contributed by atoms with Gasteiger partial charge >= 0.3 is 11.9 Å². The molecule has 0 unspecified atom stereocenters. The molecule has 0 saturated carbocycles. The van der Waals surface area contributed by atoms with Gasteiger partial charge in [-0.25, -0.2) is 0 Å². The van der Waals surface area contributed by atoms with E-state index in [2.05, 4.69) is 0 Å². The second-order valence-corrected chi connectivity index (χ2v) is 4.43. The first-order valence-electron chi connectivity index (χ1n) is 7.12. The number of hydrogen-bond donors (Lipinski definition) is 1. The van der Waals surface area contributed by atoms with Gasteiger partial charge in [-0.2, -0.15) is 0 Å². The average molecular weight is 274 g/mol. The van der Waals surface area contributed by atoms with Crippen LogP contribution in [0.1, 0.15) is 58.3 Å². The maximum absolute atomic E-state index is 11.3. The highest BCUT2D eigenvalue weighted by molar-refractivity contribution is 5.69. The summed E-state index contributed by atoms with van der Waals surface area (Å²) < 4.78 is 10.0. The van der Waals surface area contributed by atoms with Gasteiger partial charge in [0.2, 0.25) is 0 Å². The molecule has 1 N–H and O–H groups in total. The van der Waals surface area contributed by atoms with Crippen molar-refractivity contribution < 1.29 is 24.2 Å². The summed E-state index contributed by atoms with van der Waals surface area (Å²) >= 11 is 0. The zero-order valence-electron chi connectivity index (χ0n) is 11.9. The van der Waals surface area contributed by atoms with E-state index >= 15 is 0 Å². The summed E-state index contributed by atoms with van der Waals surface area (Å²) in [6, 6.07) is 0. The number of carboxylic acids is 1. The number of hydrogen-bond acceptors (Lipinski definition) is 4. The zero-order chi connectivity index (χ0) is 14.3. The largest absolute Gasteiger partial charge is 0.481 e. The normalized spacial score (nSPS) is 10.4. The molecule has 0 spiro atoms. The number of ether oxygens (including phenoxy) is 2. The Bertz CT molecular complexity index is 240. The van der Waals surface area contributed by atoms with Crippen molar-refractivity contribution in [3.63, 3.8) is 0 Å². The van der Waals surface area contributed by atoms with Crippen LogP contribution >= 0.6 is 0 Å². The number of unbranched alkanes of at least 4 members (excludes halogenated alkanes) is 5. The summed E-state index contributed by atoms with van der Waals surface area (Å²) in [5, 5.41) is 8.46. The standard InChI is InChI=1S/C14H26O5/c1-2-18-11-12-19-14(17)10-8-6-4-3-5-7-9-13(15)16/h2-12H2,1H3,(H,15,16). The third-order valence-corrected chi connectivity index (χ3v) is 2.72. The van der Waals surface area contributed by atoms with Gasteiger partial charge in [-0.05, 0) is 19.8 Å². The number of carbonyl (C=O) groups is 2. The minimum atomic E-state index is -0.727. The van der Waals surface area contributed by atoms with Crippen LogP contribution in [0.3, 0.4) is 0 Å². The van der Waals surface area contributed by atoms with Gasteiger partial charge in [-0.15, -0.1) is 0 Å². The van der Waals surface area contributed by atoms with E-state index in [4.69, 9.17) is 14.6 Å². The van der Waals surface area contributed by atoms with Crippen LogP contribution < -0.4 is 0 Å². The summed E-state index contributed by atoms with van der Waals surface area (Å²) in [7, 11) is 0. The number of esters is 1. The van der Waals surface area contributed by atoms with Gasteiger partial charge < -0.3 is 14.6 Å². The van der Waals surface area contributed by atoms with Gasteiger partial charge in [-0.1, -0.05) is 25.7 Å². The SMILES string of the molecule is CCOCCOC(=O)CCCCCCCCC(=O)O. The molecule has 5 nitrogen and oxygen atoms in total. The third-order valence-electron chi connectivity index (χ3n) is 2.72. The van der Waals surface area contributed by atoms with Crippen LogP contribution in [0, 0.1) is 0 Å². The second-order valence-electron chi connectivity index (χ2n) is 4.43. The molecule has 19 heavy (non-hydrogen) atoms. The van der Waals surface area contributed by atoms with Crippen molar-refractivity contribution in [2.75, 3.05) is 19.8 Å². The fraction of sp³-hybridized carbons (Fsp3) is 0.857. The first-order chi connectivity index (χ1) is 9.16. The highest BCUT2D eigenvalue weighted by Crippen LogP contribution is 2.09. The monoisotopic (exact) mass is 274 g/mol. The molecule has 0 amide bonds. The lowest BCUT2D eigenvalue weighted by atomic mass is 10.1. The minimum Gasteiger partial charge on any atom is -0.481 e. The minimum absolute atomic E-state index is 0.161. The van der Waals surface area contributed by atoms with Gasteiger partial charge in [0.15, 0.2) is 0 Å². The molecule has 112 valence electrons. The molecular weight excluding hydrogens is 248 g/mol. The smallest absolute Gasteiger partial charge is 0.305 e. The maximum atomic E-state index is 11.3. The van der Waals surface area contributed by atoms with Crippen molar-refractivity contribution in [2.24, 2.45) is 0 Å². The Balaban J connectivity index is 3.16. The first-order valence-corrected chi connectivity index (χ1v) is 7.12. The van der Waals surface area contributed by atoms with E-state index in [1.165, 1.54) is 0 Å². The van der Waals surface area contributed by atoms with Gasteiger partial charge in [0.05, 0.1) is 6.61 Å². The summed E-state index contributed by atoms with van der Waals surface area (Å²) in [5.41, 5.74) is 0. The molecule has 0 bridgehead atoms. The fourth-order valence-electron chi connectivity index (χ4n) is 1.68. The number of rotatable bonds is 13. The summed E-state index contributed by atoms with van der Waals surface area (Å²) in [6.07, 6.45) is 6.33. The lowest BCUT2D eigenvalue weighted by Crippen LogP contribution is -2.10. The van der Waals surface area contributed by atoms with E-state index in [9.17, 15) is 9.59 Å². The van der Waals surface area contributed by atoms with Crippen molar-refractivity contribution in [1.29, 1.82) is 0 Å². The molecular formula is C14H26O5. The molecule has 0 atom stereocenters. The quantitative estimate of drug-likeness (QED) is 0.413. The van der Waals surface area contributed by atoms with E-state index in [1.54, 1.807) is 0 Å². The van der Waals surface area contributed by atoms with Crippen molar-refractivity contribution >= 4 is 11.9 Å². The van der Waals surface area contributed by atoms with Crippen LogP contribution in [-0.4, -0.2) is 36.9 Å². The average Bonchev–Trinajstić information content (AvgIpc) is 2.37.